The number of ether oxygens (including phenoxy) is 1. The molecular formula is C11H13IN4O. The van der Waals surface area contributed by atoms with Crippen molar-refractivity contribution in [2.75, 3.05) is 12.8 Å². The van der Waals surface area contributed by atoms with Gasteiger partial charge in [0.2, 0.25) is 5.88 Å². The van der Waals surface area contributed by atoms with E-state index in [0.717, 1.165) is 15.0 Å². The number of nitrogens with two attached hydrogens (primary N) is 1. The van der Waals surface area contributed by atoms with Crippen LogP contribution in [0.1, 0.15) is 11.4 Å². The summed E-state index contributed by atoms with van der Waals surface area (Å²) in [5.41, 5.74) is 7.76. The van der Waals surface area contributed by atoms with Crippen LogP contribution in [0.4, 0.5) is 5.82 Å². The van der Waals surface area contributed by atoms with E-state index in [0.29, 0.717) is 18.2 Å². The SMILES string of the molecule is COc1cccc(Cn2nc(C)c(I)c2N)n1. The van der Waals surface area contributed by atoms with Crippen molar-refractivity contribution in [1.82, 2.24) is 14.8 Å². The third-order valence-corrected chi connectivity index (χ3v) is 3.73. The molecule has 90 valence electrons. The normalized spacial score (nSPS) is 10.5. The van der Waals surface area contributed by atoms with E-state index in [9.17, 15) is 0 Å². The summed E-state index contributed by atoms with van der Waals surface area (Å²) >= 11 is 2.19. The lowest BCUT2D eigenvalue weighted by Crippen LogP contribution is -2.08. The van der Waals surface area contributed by atoms with E-state index in [1.54, 1.807) is 11.8 Å². The van der Waals surface area contributed by atoms with Gasteiger partial charge in [0.1, 0.15) is 5.82 Å². The van der Waals surface area contributed by atoms with Gasteiger partial charge in [0.05, 0.1) is 28.6 Å². The maximum Gasteiger partial charge on any atom is 0.213 e. The van der Waals surface area contributed by atoms with Crippen LogP contribution in [0.2, 0.25) is 0 Å². The van der Waals surface area contributed by atoms with Gasteiger partial charge in [-0.15, -0.1) is 0 Å². The third-order valence-electron chi connectivity index (χ3n) is 2.39. The van der Waals surface area contributed by atoms with Gasteiger partial charge in [-0.25, -0.2) is 9.67 Å². The summed E-state index contributed by atoms with van der Waals surface area (Å²) in [6.07, 6.45) is 0. The van der Waals surface area contributed by atoms with Crippen LogP contribution < -0.4 is 10.5 Å². The summed E-state index contributed by atoms with van der Waals surface area (Å²) in [6.45, 7) is 2.49. The van der Waals surface area contributed by atoms with Gasteiger partial charge in [0.15, 0.2) is 0 Å². The maximum absolute atomic E-state index is 5.96. The molecule has 2 N–H and O–H groups in total. The van der Waals surface area contributed by atoms with Crippen molar-refractivity contribution in [2.45, 2.75) is 13.5 Å². The number of rotatable bonds is 3. The molecule has 0 aliphatic heterocycles. The number of anilines is 1. The van der Waals surface area contributed by atoms with Crippen molar-refractivity contribution in [2.24, 2.45) is 0 Å². The Balaban J connectivity index is 2.28. The Morgan fingerprint density at radius 1 is 1.47 bits per heavy atom. The molecule has 0 amide bonds. The van der Waals surface area contributed by atoms with Gasteiger partial charge in [0.25, 0.3) is 0 Å². The van der Waals surface area contributed by atoms with Crippen molar-refractivity contribution in [3.63, 3.8) is 0 Å². The highest BCUT2D eigenvalue weighted by atomic mass is 127. The fourth-order valence-electron chi connectivity index (χ4n) is 1.51. The summed E-state index contributed by atoms with van der Waals surface area (Å²) in [6, 6.07) is 5.63. The minimum Gasteiger partial charge on any atom is -0.481 e. The lowest BCUT2D eigenvalue weighted by atomic mass is 10.3. The molecule has 0 saturated carbocycles. The monoisotopic (exact) mass is 344 g/mol. The molecule has 2 rings (SSSR count). The number of nitrogen functional groups attached to an aromatic ring is 1. The van der Waals surface area contributed by atoms with Crippen LogP contribution in [0.5, 0.6) is 5.88 Å². The van der Waals surface area contributed by atoms with Crippen LogP contribution in [0.15, 0.2) is 18.2 Å². The van der Waals surface area contributed by atoms with E-state index in [2.05, 4.69) is 32.7 Å². The van der Waals surface area contributed by atoms with E-state index in [4.69, 9.17) is 10.5 Å². The fourth-order valence-corrected chi connectivity index (χ4v) is 1.90. The van der Waals surface area contributed by atoms with Gasteiger partial charge < -0.3 is 10.5 Å². The summed E-state index contributed by atoms with van der Waals surface area (Å²) in [7, 11) is 1.60. The zero-order chi connectivity index (χ0) is 12.4. The Morgan fingerprint density at radius 2 is 2.24 bits per heavy atom. The molecule has 2 aromatic heterocycles. The molecular weight excluding hydrogens is 331 g/mol. The minimum absolute atomic E-state index is 0.548. The smallest absolute Gasteiger partial charge is 0.213 e. The van der Waals surface area contributed by atoms with Crippen molar-refractivity contribution in [1.29, 1.82) is 0 Å². The standard InChI is InChI=1S/C11H13IN4O/c1-7-10(12)11(13)16(15-7)6-8-4-3-5-9(14-8)17-2/h3-5H,6,13H2,1-2H3. The molecule has 6 heteroatoms. The average molecular weight is 344 g/mol. The molecule has 0 atom stereocenters. The summed E-state index contributed by atoms with van der Waals surface area (Å²) in [5.74, 6) is 1.27. The first-order chi connectivity index (χ1) is 8.11. The zero-order valence-electron chi connectivity index (χ0n) is 9.64. The van der Waals surface area contributed by atoms with E-state index in [1.165, 1.54) is 0 Å². The summed E-state index contributed by atoms with van der Waals surface area (Å²) in [4.78, 5) is 4.33. The van der Waals surface area contributed by atoms with Gasteiger partial charge >= 0.3 is 0 Å². The number of hydrogen-bond donors (Lipinski definition) is 1. The molecule has 0 saturated heterocycles. The molecule has 0 unspecified atom stereocenters. The molecule has 0 fully saturated rings. The van der Waals surface area contributed by atoms with E-state index in [1.807, 2.05) is 25.1 Å². The van der Waals surface area contributed by atoms with E-state index < -0.39 is 0 Å². The molecule has 0 aliphatic rings. The third kappa shape index (κ3) is 2.51. The van der Waals surface area contributed by atoms with Gasteiger partial charge in [-0.1, -0.05) is 6.07 Å². The number of methoxy groups -OCH3 is 1. The minimum atomic E-state index is 0.548. The predicted molar refractivity (Wildman–Crippen MR) is 74.0 cm³/mol. The second-order valence-electron chi connectivity index (χ2n) is 3.61. The van der Waals surface area contributed by atoms with Gasteiger partial charge in [0, 0.05) is 6.07 Å². The first-order valence-corrected chi connectivity index (χ1v) is 6.18. The molecule has 0 aliphatic carbocycles. The Bertz CT molecular complexity index is 538. The zero-order valence-corrected chi connectivity index (χ0v) is 11.8. The van der Waals surface area contributed by atoms with Crippen LogP contribution in [0.3, 0.4) is 0 Å². The molecule has 2 aromatic rings. The van der Waals surface area contributed by atoms with Crippen LogP contribution >= 0.6 is 22.6 Å². The summed E-state index contributed by atoms with van der Waals surface area (Å²) in [5, 5.41) is 4.36. The average Bonchev–Trinajstić information content (AvgIpc) is 2.57. The Morgan fingerprint density at radius 3 is 2.82 bits per heavy atom. The highest BCUT2D eigenvalue weighted by Gasteiger charge is 2.10. The van der Waals surface area contributed by atoms with Crippen LogP contribution in [0, 0.1) is 10.5 Å². The number of pyridine rings is 1. The lowest BCUT2D eigenvalue weighted by molar-refractivity contribution is 0.395. The quantitative estimate of drug-likeness (QED) is 0.863. The maximum atomic E-state index is 5.96. The predicted octanol–water partition coefficient (Wildman–Crippen LogP) is 1.83. The Labute approximate surface area is 113 Å². The molecule has 17 heavy (non-hydrogen) atoms. The van der Waals surface area contributed by atoms with Gasteiger partial charge in [-0.2, -0.15) is 5.10 Å². The molecule has 0 spiro atoms. The number of aromatic nitrogens is 3. The van der Waals surface area contributed by atoms with Crippen LogP contribution in [0.25, 0.3) is 0 Å². The molecule has 0 radical (unpaired) electrons. The van der Waals surface area contributed by atoms with Crippen molar-refractivity contribution in [3.8, 4) is 5.88 Å². The summed E-state index contributed by atoms with van der Waals surface area (Å²) < 4.78 is 7.82. The Kier molecular flexibility index (Phi) is 3.51. The molecule has 2 heterocycles. The highest BCUT2D eigenvalue weighted by Crippen LogP contribution is 2.19. The fraction of sp³-hybridized carbons (Fsp3) is 0.273. The van der Waals surface area contributed by atoms with E-state index in [-0.39, 0.29) is 0 Å². The number of halogens is 1. The van der Waals surface area contributed by atoms with Gasteiger partial charge in [-0.05, 0) is 35.6 Å². The number of hydrogen-bond acceptors (Lipinski definition) is 4. The number of nitrogens with zero attached hydrogens (tertiary/aromatic N) is 3. The van der Waals surface area contributed by atoms with Crippen molar-refractivity contribution >= 4 is 28.4 Å². The van der Waals surface area contributed by atoms with Crippen LogP contribution in [-0.4, -0.2) is 21.9 Å². The van der Waals surface area contributed by atoms with E-state index >= 15 is 0 Å². The molecule has 0 bridgehead atoms. The highest BCUT2D eigenvalue weighted by molar-refractivity contribution is 14.1. The topological polar surface area (TPSA) is 66.0 Å². The number of aryl methyl sites for hydroxylation is 1. The first kappa shape index (κ1) is 12.2. The van der Waals surface area contributed by atoms with Gasteiger partial charge in [-0.3, -0.25) is 0 Å². The first-order valence-electron chi connectivity index (χ1n) is 5.10. The largest absolute Gasteiger partial charge is 0.481 e. The van der Waals surface area contributed by atoms with Crippen molar-refractivity contribution in [3.05, 3.63) is 33.2 Å². The molecule has 0 aromatic carbocycles. The molecule has 5 nitrogen and oxygen atoms in total. The van der Waals surface area contributed by atoms with Crippen molar-refractivity contribution < 1.29 is 4.74 Å². The second kappa shape index (κ2) is 4.91. The second-order valence-corrected chi connectivity index (χ2v) is 4.69. The lowest BCUT2D eigenvalue weighted by Gasteiger charge is -2.05. The van der Waals surface area contributed by atoms with Crippen LogP contribution in [-0.2, 0) is 6.54 Å². The Hall–Kier alpha value is -1.31.